The lowest BCUT2D eigenvalue weighted by atomic mass is 10.1. The van der Waals surface area contributed by atoms with Gasteiger partial charge in [0.1, 0.15) is 5.82 Å². The van der Waals surface area contributed by atoms with Crippen molar-refractivity contribution >= 4 is 29.1 Å². The summed E-state index contributed by atoms with van der Waals surface area (Å²) < 4.78 is 13.0. The molecule has 106 valence electrons. The van der Waals surface area contributed by atoms with Crippen LogP contribution >= 0.6 is 11.8 Å². The molecule has 1 aromatic rings. The molecule has 0 atom stereocenters. The fourth-order valence-electron chi connectivity index (χ4n) is 2.14. The number of benzene rings is 1. The van der Waals surface area contributed by atoms with Crippen LogP contribution in [0.3, 0.4) is 0 Å². The Bertz CT molecular complexity index is 578. The molecule has 0 unspecified atom stereocenters. The highest BCUT2D eigenvalue weighted by atomic mass is 32.2. The smallest absolute Gasteiger partial charge is 0.268 e. The number of rotatable bonds is 4. The third-order valence-corrected chi connectivity index (χ3v) is 3.97. The van der Waals surface area contributed by atoms with Gasteiger partial charge in [-0.3, -0.25) is 14.5 Å². The van der Waals surface area contributed by atoms with Crippen LogP contribution < -0.4 is 0 Å². The molecule has 2 rings (SSSR count). The predicted octanol–water partition coefficient (Wildman–Crippen LogP) is 3.07. The van der Waals surface area contributed by atoms with Crippen molar-refractivity contribution in [3.8, 4) is 0 Å². The highest BCUT2D eigenvalue weighted by Crippen LogP contribution is 2.36. The standard InChI is InChI=1S/C15H16FNO2S/c1-4-20-13-12(10-5-7-11(16)8-6-10)14(18)17(9(2)3)15(13)19/h5-9H,4H2,1-3H3. The van der Waals surface area contributed by atoms with Gasteiger partial charge in [-0.1, -0.05) is 19.1 Å². The van der Waals surface area contributed by atoms with Gasteiger partial charge < -0.3 is 0 Å². The molecule has 1 aromatic carbocycles. The summed E-state index contributed by atoms with van der Waals surface area (Å²) >= 11 is 1.35. The third kappa shape index (κ3) is 2.50. The van der Waals surface area contributed by atoms with Gasteiger partial charge in [-0.25, -0.2) is 4.39 Å². The number of amides is 2. The van der Waals surface area contributed by atoms with Crippen LogP contribution in [0.25, 0.3) is 5.57 Å². The van der Waals surface area contributed by atoms with E-state index in [1.165, 1.54) is 40.9 Å². The molecule has 0 spiro atoms. The van der Waals surface area contributed by atoms with E-state index in [4.69, 9.17) is 0 Å². The van der Waals surface area contributed by atoms with E-state index in [-0.39, 0.29) is 23.7 Å². The summed E-state index contributed by atoms with van der Waals surface area (Å²) in [5.74, 6) is -0.217. The number of hydrogen-bond acceptors (Lipinski definition) is 3. The van der Waals surface area contributed by atoms with Gasteiger partial charge in [0.25, 0.3) is 11.8 Å². The molecule has 3 nitrogen and oxygen atoms in total. The van der Waals surface area contributed by atoms with E-state index in [0.717, 1.165) is 0 Å². The maximum absolute atomic E-state index is 13.0. The maximum atomic E-state index is 13.0. The molecule has 20 heavy (non-hydrogen) atoms. The molecule has 0 aliphatic carbocycles. The molecule has 0 saturated heterocycles. The number of nitrogens with zero attached hydrogens (tertiary/aromatic N) is 1. The van der Waals surface area contributed by atoms with E-state index >= 15 is 0 Å². The second-order valence-electron chi connectivity index (χ2n) is 4.72. The zero-order valence-corrected chi connectivity index (χ0v) is 12.5. The number of hydrogen-bond donors (Lipinski definition) is 0. The predicted molar refractivity (Wildman–Crippen MR) is 78.4 cm³/mol. The molecule has 0 fully saturated rings. The summed E-state index contributed by atoms with van der Waals surface area (Å²) in [6.07, 6.45) is 0. The second-order valence-corrected chi connectivity index (χ2v) is 5.99. The molecule has 1 aliphatic rings. The average molecular weight is 293 g/mol. The quantitative estimate of drug-likeness (QED) is 0.801. The number of carbonyl (C=O) groups is 2. The second kappa shape index (κ2) is 5.79. The lowest BCUT2D eigenvalue weighted by molar-refractivity contribution is -0.138. The van der Waals surface area contributed by atoms with Gasteiger partial charge in [0.15, 0.2) is 0 Å². The highest BCUT2D eigenvalue weighted by Gasteiger charge is 2.40. The first kappa shape index (κ1) is 14.8. The maximum Gasteiger partial charge on any atom is 0.268 e. The Balaban J connectivity index is 2.52. The third-order valence-electron chi connectivity index (χ3n) is 3.01. The Morgan fingerprint density at radius 3 is 2.25 bits per heavy atom. The molecule has 2 amide bonds. The van der Waals surface area contributed by atoms with Crippen molar-refractivity contribution < 1.29 is 14.0 Å². The lowest BCUT2D eigenvalue weighted by Crippen LogP contribution is -2.37. The van der Waals surface area contributed by atoms with Gasteiger partial charge in [-0.05, 0) is 37.3 Å². The van der Waals surface area contributed by atoms with Gasteiger partial charge >= 0.3 is 0 Å². The van der Waals surface area contributed by atoms with Crippen molar-refractivity contribution in [1.82, 2.24) is 4.90 Å². The summed E-state index contributed by atoms with van der Waals surface area (Å²) in [5, 5.41) is 0. The SMILES string of the molecule is CCSC1=C(c2ccc(F)cc2)C(=O)N(C(C)C)C1=O. The van der Waals surface area contributed by atoms with Crippen molar-refractivity contribution in [3.63, 3.8) is 0 Å². The lowest BCUT2D eigenvalue weighted by Gasteiger charge is -2.19. The van der Waals surface area contributed by atoms with Crippen LogP contribution in [0, 0.1) is 5.82 Å². The van der Waals surface area contributed by atoms with Gasteiger partial charge in [-0.15, -0.1) is 11.8 Å². The van der Waals surface area contributed by atoms with Crippen LogP contribution in [0.5, 0.6) is 0 Å². The molecular weight excluding hydrogens is 277 g/mol. The molecule has 1 aliphatic heterocycles. The summed E-state index contributed by atoms with van der Waals surface area (Å²) in [5.41, 5.74) is 0.972. The number of imide groups is 1. The van der Waals surface area contributed by atoms with E-state index in [9.17, 15) is 14.0 Å². The van der Waals surface area contributed by atoms with Crippen molar-refractivity contribution in [2.75, 3.05) is 5.75 Å². The summed E-state index contributed by atoms with van der Waals surface area (Å²) in [4.78, 5) is 26.5. The van der Waals surface area contributed by atoms with E-state index in [2.05, 4.69) is 0 Å². The molecule has 0 saturated carbocycles. The Hall–Kier alpha value is -1.62. The normalized spacial score (nSPS) is 15.8. The Kier molecular flexibility index (Phi) is 4.28. The largest absolute Gasteiger partial charge is 0.271 e. The summed E-state index contributed by atoms with van der Waals surface area (Å²) in [6, 6.07) is 5.48. The first-order chi connectivity index (χ1) is 9.47. The topological polar surface area (TPSA) is 37.4 Å². The van der Waals surface area contributed by atoms with Crippen LogP contribution in [0.15, 0.2) is 29.2 Å². The van der Waals surface area contributed by atoms with E-state index in [0.29, 0.717) is 21.8 Å². The van der Waals surface area contributed by atoms with E-state index < -0.39 is 0 Å². The number of carbonyl (C=O) groups excluding carboxylic acids is 2. The van der Waals surface area contributed by atoms with Gasteiger partial charge in [0.05, 0.1) is 10.5 Å². The van der Waals surface area contributed by atoms with E-state index in [1.807, 2.05) is 6.92 Å². The minimum absolute atomic E-state index is 0.194. The first-order valence-electron chi connectivity index (χ1n) is 6.48. The molecule has 5 heteroatoms. The molecular formula is C15H16FNO2S. The monoisotopic (exact) mass is 293 g/mol. The number of halogens is 1. The molecule has 0 radical (unpaired) electrons. The zero-order valence-electron chi connectivity index (χ0n) is 11.6. The fourth-order valence-corrected chi connectivity index (χ4v) is 3.00. The molecule has 0 bridgehead atoms. The van der Waals surface area contributed by atoms with Crippen LogP contribution in [-0.2, 0) is 9.59 Å². The van der Waals surface area contributed by atoms with Crippen molar-refractivity contribution in [1.29, 1.82) is 0 Å². The van der Waals surface area contributed by atoms with Gasteiger partial charge in [0, 0.05) is 6.04 Å². The Morgan fingerprint density at radius 2 is 1.75 bits per heavy atom. The Labute approximate surface area is 121 Å². The summed E-state index contributed by atoms with van der Waals surface area (Å²) in [6.45, 7) is 5.53. The molecule has 0 aromatic heterocycles. The minimum Gasteiger partial charge on any atom is -0.271 e. The molecule has 1 heterocycles. The van der Waals surface area contributed by atoms with Crippen molar-refractivity contribution in [2.45, 2.75) is 26.8 Å². The zero-order chi connectivity index (χ0) is 14.9. The van der Waals surface area contributed by atoms with Gasteiger partial charge in [0.2, 0.25) is 0 Å². The van der Waals surface area contributed by atoms with Crippen LogP contribution in [-0.4, -0.2) is 28.5 Å². The van der Waals surface area contributed by atoms with Crippen molar-refractivity contribution in [3.05, 3.63) is 40.6 Å². The van der Waals surface area contributed by atoms with Gasteiger partial charge in [-0.2, -0.15) is 0 Å². The number of thioether (sulfide) groups is 1. The average Bonchev–Trinajstić information content (AvgIpc) is 2.63. The van der Waals surface area contributed by atoms with Crippen LogP contribution in [0.2, 0.25) is 0 Å². The minimum atomic E-state index is -0.364. The fraction of sp³-hybridized carbons (Fsp3) is 0.333. The molecule has 0 N–H and O–H groups in total. The Morgan fingerprint density at radius 1 is 1.15 bits per heavy atom. The first-order valence-corrected chi connectivity index (χ1v) is 7.46. The van der Waals surface area contributed by atoms with Crippen LogP contribution in [0.4, 0.5) is 4.39 Å². The van der Waals surface area contributed by atoms with E-state index in [1.54, 1.807) is 13.8 Å². The summed E-state index contributed by atoms with van der Waals surface area (Å²) in [7, 11) is 0. The van der Waals surface area contributed by atoms with Crippen LogP contribution in [0.1, 0.15) is 26.3 Å². The highest BCUT2D eigenvalue weighted by molar-refractivity contribution is 8.04. The van der Waals surface area contributed by atoms with Crippen molar-refractivity contribution in [2.24, 2.45) is 0 Å².